The molecular formula is C13H17N3O4S. The Morgan fingerprint density at radius 3 is 2.67 bits per heavy atom. The number of aryl methyl sites for hydroxylation is 1. The third-order valence-corrected chi connectivity index (χ3v) is 4.28. The number of nitrogens with one attached hydrogen (secondary N) is 2. The number of carboxylic acid groups (broad SMARTS) is 1. The lowest BCUT2D eigenvalue weighted by Gasteiger charge is -2.05. The van der Waals surface area contributed by atoms with Crippen LogP contribution in [0.2, 0.25) is 0 Å². The largest absolute Gasteiger partial charge is 0.478 e. The average molecular weight is 311 g/mol. The number of rotatable bonds is 6. The number of amides is 2. The zero-order valence-corrected chi connectivity index (χ0v) is 12.6. The van der Waals surface area contributed by atoms with E-state index in [1.165, 1.54) is 0 Å². The van der Waals surface area contributed by atoms with Crippen molar-refractivity contribution >= 4 is 34.3 Å². The van der Waals surface area contributed by atoms with E-state index < -0.39 is 5.97 Å². The van der Waals surface area contributed by atoms with Crippen molar-refractivity contribution in [2.45, 2.75) is 26.7 Å². The molecule has 0 bridgehead atoms. The molecule has 0 saturated heterocycles. The molecule has 3 N–H and O–H groups in total. The van der Waals surface area contributed by atoms with E-state index in [0.29, 0.717) is 11.6 Å². The van der Waals surface area contributed by atoms with Gasteiger partial charge < -0.3 is 15.7 Å². The SMILES string of the molecule is Cc1nsc(NC(=O)CCNC(=O)C2CC2C)c1C(=O)O. The summed E-state index contributed by atoms with van der Waals surface area (Å²) in [5, 5.41) is 14.5. The predicted molar refractivity (Wildman–Crippen MR) is 77.3 cm³/mol. The fourth-order valence-electron chi connectivity index (χ4n) is 2.01. The lowest BCUT2D eigenvalue weighted by atomic mass is 10.2. The molecule has 2 unspecified atom stereocenters. The molecule has 1 aromatic heterocycles. The molecule has 0 aliphatic heterocycles. The fourth-order valence-corrected chi connectivity index (χ4v) is 2.82. The summed E-state index contributed by atoms with van der Waals surface area (Å²) in [6.07, 6.45) is 1.00. The minimum Gasteiger partial charge on any atom is -0.478 e. The summed E-state index contributed by atoms with van der Waals surface area (Å²) in [6, 6.07) is 0. The van der Waals surface area contributed by atoms with E-state index in [4.69, 9.17) is 5.11 Å². The van der Waals surface area contributed by atoms with Gasteiger partial charge >= 0.3 is 5.97 Å². The van der Waals surface area contributed by atoms with Crippen molar-refractivity contribution in [3.63, 3.8) is 0 Å². The normalized spacial score (nSPS) is 19.9. The third-order valence-electron chi connectivity index (χ3n) is 3.43. The molecule has 2 atom stereocenters. The van der Waals surface area contributed by atoms with Gasteiger partial charge in [0, 0.05) is 18.9 Å². The van der Waals surface area contributed by atoms with Gasteiger partial charge in [0.1, 0.15) is 10.6 Å². The summed E-state index contributed by atoms with van der Waals surface area (Å²) >= 11 is 0.938. The summed E-state index contributed by atoms with van der Waals surface area (Å²) in [7, 11) is 0. The molecule has 1 aromatic rings. The number of carboxylic acids is 1. The highest BCUT2D eigenvalue weighted by molar-refractivity contribution is 7.11. The molecule has 1 saturated carbocycles. The minimum atomic E-state index is -1.12. The van der Waals surface area contributed by atoms with Crippen molar-refractivity contribution in [1.82, 2.24) is 9.69 Å². The van der Waals surface area contributed by atoms with Crippen LogP contribution >= 0.6 is 11.5 Å². The van der Waals surface area contributed by atoms with Gasteiger partial charge in [0.2, 0.25) is 11.8 Å². The second-order valence-electron chi connectivity index (χ2n) is 5.19. The van der Waals surface area contributed by atoms with E-state index in [1.807, 2.05) is 6.92 Å². The summed E-state index contributed by atoms with van der Waals surface area (Å²) in [6.45, 7) is 3.83. The van der Waals surface area contributed by atoms with Crippen LogP contribution in [0.4, 0.5) is 5.00 Å². The average Bonchev–Trinajstić information content (AvgIpc) is 3.01. The van der Waals surface area contributed by atoms with Crippen LogP contribution < -0.4 is 10.6 Å². The highest BCUT2D eigenvalue weighted by Crippen LogP contribution is 2.37. The maximum atomic E-state index is 11.8. The first-order chi connectivity index (χ1) is 9.90. The van der Waals surface area contributed by atoms with E-state index in [2.05, 4.69) is 15.0 Å². The van der Waals surface area contributed by atoms with Crippen LogP contribution in [0.3, 0.4) is 0 Å². The highest BCUT2D eigenvalue weighted by atomic mass is 32.1. The zero-order chi connectivity index (χ0) is 15.6. The molecule has 1 aliphatic carbocycles. The second kappa shape index (κ2) is 6.21. The molecule has 21 heavy (non-hydrogen) atoms. The molecule has 2 rings (SSSR count). The second-order valence-corrected chi connectivity index (χ2v) is 5.96. The van der Waals surface area contributed by atoms with E-state index in [0.717, 1.165) is 18.0 Å². The lowest BCUT2D eigenvalue weighted by Crippen LogP contribution is -2.29. The predicted octanol–water partition coefficient (Wildman–Crippen LogP) is 1.25. The van der Waals surface area contributed by atoms with Crippen LogP contribution in [0, 0.1) is 18.8 Å². The Morgan fingerprint density at radius 1 is 1.43 bits per heavy atom. The Hall–Kier alpha value is -1.96. The molecule has 1 aliphatic rings. The first kappa shape index (κ1) is 15.4. The van der Waals surface area contributed by atoms with Crippen LogP contribution in [-0.2, 0) is 9.59 Å². The molecular weight excluding hydrogens is 294 g/mol. The van der Waals surface area contributed by atoms with Crippen molar-refractivity contribution in [1.29, 1.82) is 0 Å². The number of carbonyl (C=O) groups is 3. The van der Waals surface area contributed by atoms with Gasteiger partial charge in [-0.3, -0.25) is 9.59 Å². The Kier molecular flexibility index (Phi) is 4.56. The highest BCUT2D eigenvalue weighted by Gasteiger charge is 2.38. The van der Waals surface area contributed by atoms with Crippen LogP contribution in [0.1, 0.15) is 35.8 Å². The lowest BCUT2D eigenvalue weighted by molar-refractivity contribution is -0.122. The molecule has 1 heterocycles. The van der Waals surface area contributed by atoms with Crippen molar-refractivity contribution in [2.24, 2.45) is 11.8 Å². The standard InChI is InChI=1S/C13H17N3O4S/c1-6-5-8(6)11(18)14-4-3-9(17)15-12-10(13(19)20)7(2)16-21-12/h6,8H,3-5H2,1-2H3,(H,14,18)(H,15,17)(H,19,20). The quantitative estimate of drug-likeness (QED) is 0.732. The molecule has 0 aromatic carbocycles. The van der Waals surface area contributed by atoms with Gasteiger partial charge in [-0.15, -0.1) is 0 Å². The Balaban J connectivity index is 1.79. The van der Waals surface area contributed by atoms with E-state index in [1.54, 1.807) is 6.92 Å². The molecule has 8 heteroatoms. The number of hydrogen-bond acceptors (Lipinski definition) is 5. The van der Waals surface area contributed by atoms with Crippen LogP contribution in [-0.4, -0.2) is 33.8 Å². The molecule has 0 radical (unpaired) electrons. The van der Waals surface area contributed by atoms with Crippen LogP contribution in [0.15, 0.2) is 0 Å². The first-order valence-corrected chi connectivity index (χ1v) is 7.44. The topological polar surface area (TPSA) is 108 Å². The van der Waals surface area contributed by atoms with Gasteiger partial charge in [-0.25, -0.2) is 4.79 Å². The third kappa shape index (κ3) is 3.78. The van der Waals surface area contributed by atoms with Crippen molar-refractivity contribution in [3.8, 4) is 0 Å². The monoisotopic (exact) mass is 311 g/mol. The van der Waals surface area contributed by atoms with Crippen LogP contribution in [0.25, 0.3) is 0 Å². The maximum Gasteiger partial charge on any atom is 0.340 e. The van der Waals surface area contributed by atoms with Gasteiger partial charge in [0.15, 0.2) is 0 Å². The van der Waals surface area contributed by atoms with Gasteiger partial charge in [-0.1, -0.05) is 6.92 Å². The summed E-state index contributed by atoms with van der Waals surface area (Å²) in [5.41, 5.74) is 0.392. The summed E-state index contributed by atoms with van der Waals surface area (Å²) < 4.78 is 3.92. The van der Waals surface area contributed by atoms with Gasteiger partial charge in [-0.05, 0) is 30.8 Å². The maximum absolute atomic E-state index is 11.8. The van der Waals surface area contributed by atoms with Crippen LogP contribution in [0.5, 0.6) is 0 Å². The van der Waals surface area contributed by atoms with Crippen molar-refractivity contribution in [3.05, 3.63) is 11.3 Å². The molecule has 114 valence electrons. The molecule has 0 spiro atoms. The van der Waals surface area contributed by atoms with Gasteiger partial charge in [0.25, 0.3) is 0 Å². The summed E-state index contributed by atoms with van der Waals surface area (Å²) in [5.74, 6) is -0.971. The zero-order valence-electron chi connectivity index (χ0n) is 11.8. The summed E-state index contributed by atoms with van der Waals surface area (Å²) in [4.78, 5) is 34.4. The number of hydrogen-bond donors (Lipinski definition) is 3. The van der Waals surface area contributed by atoms with E-state index in [9.17, 15) is 14.4 Å². The first-order valence-electron chi connectivity index (χ1n) is 6.67. The number of aromatic carboxylic acids is 1. The van der Waals surface area contributed by atoms with Gasteiger partial charge in [-0.2, -0.15) is 4.37 Å². The van der Waals surface area contributed by atoms with Crippen molar-refractivity contribution < 1.29 is 19.5 Å². The molecule has 7 nitrogen and oxygen atoms in total. The smallest absolute Gasteiger partial charge is 0.340 e. The van der Waals surface area contributed by atoms with E-state index in [-0.39, 0.29) is 41.3 Å². The number of aromatic nitrogens is 1. The fraction of sp³-hybridized carbons (Fsp3) is 0.538. The molecule has 2 amide bonds. The van der Waals surface area contributed by atoms with E-state index >= 15 is 0 Å². The number of anilines is 1. The number of carbonyl (C=O) groups excluding carboxylic acids is 2. The Labute approximate surface area is 125 Å². The molecule has 1 fully saturated rings. The Bertz CT molecular complexity index is 584. The van der Waals surface area contributed by atoms with Gasteiger partial charge in [0.05, 0.1) is 5.69 Å². The number of nitrogens with zero attached hydrogens (tertiary/aromatic N) is 1. The Morgan fingerprint density at radius 2 is 2.10 bits per heavy atom. The van der Waals surface area contributed by atoms with Crippen molar-refractivity contribution in [2.75, 3.05) is 11.9 Å². The minimum absolute atomic E-state index is 0.0178.